The molecule has 1 atom stereocenters. The average molecular weight is 249 g/mol. The first-order valence-electron chi connectivity index (χ1n) is 6.29. The Morgan fingerprint density at radius 3 is 2.29 bits per heavy atom. The molecule has 1 aliphatic heterocycles. The van der Waals surface area contributed by atoms with Gasteiger partial charge in [0.1, 0.15) is 5.41 Å². The van der Waals surface area contributed by atoms with Gasteiger partial charge in [-0.15, -0.1) is 0 Å². The molecule has 0 aromatic rings. The van der Waals surface area contributed by atoms with Gasteiger partial charge in [-0.2, -0.15) is 13.2 Å². The van der Waals surface area contributed by atoms with Crippen LogP contribution in [0.1, 0.15) is 38.5 Å². The topological polar surface area (TPSA) is 29.1 Å². The quantitative estimate of drug-likeness (QED) is 0.815. The number of hydrogen-bond acceptors (Lipinski definition) is 2. The third-order valence-corrected chi connectivity index (χ3v) is 4.15. The van der Waals surface area contributed by atoms with Gasteiger partial charge in [0.05, 0.1) is 0 Å². The highest BCUT2D eigenvalue weighted by Gasteiger charge is 2.61. The summed E-state index contributed by atoms with van der Waals surface area (Å²) in [5.41, 5.74) is -2.10. The number of Topliss-reactive ketones (excluding diaryl/α,β-unsaturated/α-hetero) is 1. The number of hydrogen-bond donors (Lipinski definition) is 1. The molecule has 1 N–H and O–H groups in total. The number of alkyl halides is 3. The maximum Gasteiger partial charge on any atom is 0.402 e. The molecule has 0 bridgehead atoms. The Morgan fingerprint density at radius 1 is 1.18 bits per heavy atom. The van der Waals surface area contributed by atoms with Gasteiger partial charge in [-0.3, -0.25) is 4.79 Å². The zero-order valence-electron chi connectivity index (χ0n) is 9.78. The van der Waals surface area contributed by atoms with Crippen molar-refractivity contribution in [3.8, 4) is 0 Å². The van der Waals surface area contributed by atoms with Crippen molar-refractivity contribution < 1.29 is 18.0 Å². The van der Waals surface area contributed by atoms with Gasteiger partial charge in [0.15, 0.2) is 5.78 Å². The van der Waals surface area contributed by atoms with Gasteiger partial charge in [0.2, 0.25) is 0 Å². The number of carbonyl (C=O) groups is 1. The highest BCUT2D eigenvalue weighted by atomic mass is 19.4. The van der Waals surface area contributed by atoms with Crippen molar-refractivity contribution in [3.05, 3.63) is 0 Å². The molecule has 0 aromatic heterocycles. The molecule has 1 unspecified atom stereocenters. The minimum absolute atomic E-state index is 0.0914. The van der Waals surface area contributed by atoms with Crippen LogP contribution >= 0.6 is 0 Å². The maximum atomic E-state index is 13.2. The van der Waals surface area contributed by atoms with Crippen molar-refractivity contribution in [1.29, 1.82) is 0 Å². The van der Waals surface area contributed by atoms with Gasteiger partial charge < -0.3 is 5.32 Å². The van der Waals surface area contributed by atoms with Crippen LogP contribution in [0.15, 0.2) is 0 Å². The first kappa shape index (κ1) is 12.9. The molecule has 98 valence electrons. The molecule has 2 aliphatic rings. The van der Waals surface area contributed by atoms with E-state index in [1.165, 1.54) is 0 Å². The molecular weight excluding hydrogens is 231 g/mol. The fourth-order valence-corrected chi connectivity index (χ4v) is 3.04. The van der Waals surface area contributed by atoms with Crippen molar-refractivity contribution in [2.75, 3.05) is 13.1 Å². The summed E-state index contributed by atoms with van der Waals surface area (Å²) in [6, 6.07) is 0. The van der Waals surface area contributed by atoms with Crippen LogP contribution in [0.4, 0.5) is 13.2 Å². The minimum atomic E-state index is -4.41. The fourth-order valence-electron chi connectivity index (χ4n) is 3.04. The van der Waals surface area contributed by atoms with E-state index < -0.39 is 17.4 Å². The SMILES string of the molecule is O=C(C1CCCCC1)C1(C(F)(F)F)CCNC1. The highest BCUT2D eigenvalue weighted by Crippen LogP contribution is 2.47. The van der Waals surface area contributed by atoms with Crippen molar-refractivity contribution in [2.24, 2.45) is 11.3 Å². The number of nitrogens with one attached hydrogen (secondary N) is 1. The first-order valence-corrected chi connectivity index (χ1v) is 6.29. The summed E-state index contributed by atoms with van der Waals surface area (Å²) in [7, 11) is 0. The Morgan fingerprint density at radius 2 is 1.82 bits per heavy atom. The van der Waals surface area contributed by atoms with Crippen LogP contribution < -0.4 is 5.32 Å². The van der Waals surface area contributed by atoms with E-state index in [4.69, 9.17) is 0 Å². The van der Waals surface area contributed by atoms with Crippen LogP contribution in [0.5, 0.6) is 0 Å². The van der Waals surface area contributed by atoms with E-state index in [9.17, 15) is 18.0 Å². The van der Waals surface area contributed by atoms with E-state index in [2.05, 4.69) is 5.32 Å². The van der Waals surface area contributed by atoms with Gasteiger partial charge in [0, 0.05) is 12.5 Å². The summed E-state index contributed by atoms with van der Waals surface area (Å²) in [4.78, 5) is 12.2. The molecule has 1 heterocycles. The summed E-state index contributed by atoms with van der Waals surface area (Å²) < 4.78 is 39.5. The molecule has 1 saturated carbocycles. The lowest BCUT2D eigenvalue weighted by molar-refractivity contribution is -0.217. The Balaban J connectivity index is 2.18. The molecule has 0 aromatic carbocycles. The van der Waals surface area contributed by atoms with Gasteiger partial charge in [-0.1, -0.05) is 19.3 Å². The molecule has 17 heavy (non-hydrogen) atoms. The lowest BCUT2D eigenvalue weighted by Gasteiger charge is -2.34. The molecule has 0 amide bonds. The van der Waals surface area contributed by atoms with Crippen LogP contribution in [0.25, 0.3) is 0 Å². The van der Waals surface area contributed by atoms with Crippen molar-refractivity contribution in [3.63, 3.8) is 0 Å². The molecule has 0 radical (unpaired) electrons. The lowest BCUT2D eigenvalue weighted by Crippen LogP contribution is -2.49. The van der Waals surface area contributed by atoms with Crippen molar-refractivity contribution in [2.45, 2.75) is 44.7 Å². The van der Waals surface area contributed by atoms with Crippen LogP contribution in [-0.2, 0) is 4.79 Å². The third kappa shape index (κ3) is 2.21. The van der Waals surface area contributed by atoms with Crippen LogP contribution in [0.3, 0.4) is 0 Å². The summed E-state index contributed by atoms with van der Waals surface area (Å²) in [5, 5.41) is 2.70. The predicted octanol–water partition coefficient (Wildman–Crippen LogP) is 2.68. The van der Waals surface area contributed by atoms with Crippen LogP contribution in [0.2, 0.25) is 0 Å². The Bertz CT molecular complexity index is 289. The second-order valence-corrected chi connectivity index (χ2v) is 5.21. The molecule has 2 nitrogen and oxygen atoms in total. The van der Waals surface area contributed by atoms with Gasteiger partial charge >= 0.3 is 6.18 Å². The molecule has 1 saturated heterocycles. The monoisotopic (exact) mass is 249 g/mol. The fraction of sp³-hybridized carbons (Fsp3) is 0.917. The Hall–Kier alpha value is -0.580. The Kier molecular flexibility index (Phi) is 3.48. The third-order valence-electron chi connectivity index (χ3n) is 4.15. The molecule has 0 spiro atoms. The number of rotatable bonds is 2. The largest absolute Gasteiger partial charge is 0.402 e. The second kappa shape index (κ2) is 4.59. The average Bonchev–Trinajstić information content (AvgIpc) is 2.79. The second-order valence-electron chi connectivity index (χ2n) is 5.21. The van der Waals surface area contributed by atoms with E-state index in [-0.39, 0.29) is 25.4 Å². The standard InChI is InChI=1S/C12H18F3NO/c13-12(14,15)11(6-7-16-8-11)10(17)9-4-2-1-3-5-9/h9,16H,1-8H2. The van der Waals surface area contributed by atoms with Gasteiger partial charge in [-0.25, -0.2) is 0 Å². The molecule has 1 aliphatic carbocycles. The normalized spacial score (nSPS) is 31.7. The summed E-state index contributed by atoms with van der Waals surface area (Å²) in [6.07, 6.45) is -0.416. The number of ketones is 1. The zero-order chi connectivity index (χ0) is 12.5. The van der Waals surface area contributed by atoms with Gasteiger partial charge in [0.25, 0.3) is 0 Å². The Labute approximate surface area is 98.9 Å². The molecule has 5 heteroatoms. The number of carbonyl (C=O) groups excluding carboxylic acids is 1. The minimum Gasteiger partial charge on any atom is -0.315 e. The lowest BCUT2D eigenvalue weighted by atomic mass is 9.72. The smallest absolute Gasteiger partial charge is 0.315 e. The summed E-state index contributed by atoms with van der Waals surface area (Å²) >= 11 is 0. The highest BCUT2D eigenvalue weighted by molar-refractivity contribution is 5.88. The predicted molar refractivity (Wildman–Crippen MR) is 57.6 cm³/mol. The first-order chi connectivity index (χ1) is 7.97. The van der Waals surface area contributed by atoms with Crippen molar-refractivity contribution in [1.82, 2.24) is 5.32 Å². The summed E-state index contributed by atoms with van der Waals surface area (Å²) in [5.74, 6) is -0.931. The van der Waals surface area contributed by atoms with E-state index in [1.54, 1.807) is 0 Å². The molecule has 2 fully saturated rings. The van der Waals surface area contributed by atoms with Crippen LogP contribution in [0, 0.1) is 11.3 Å². The summed E-state index contributed by atoms with van der Waals surface area (Å²) in [6.45, 7) is 0.0593. The van der Waals surface area contributed by atoms with E-state index in [1.807, 2.05) is 0 Å². The van der Waals surface area contributed by atoms with E-state index >= 15 is 0 Å². The molecular formula is C12H18F3NO. The van der Waals surface area contributed by atoms with E-state index in [0.717, 1.165) is 19.3 Å². The van der Waals surface area contributed by atoms with E-state index in [0.29, 0.717) is 12.8 Å². The van der Waals surface area contributed by atoms with Crippen LogP contribution in [-0.4, -0.2) is 25.0 Å². The zero-order valence-corrected chi connectivity index (χ0v) is 9.78. The maximum absolute atomic E-state index is 13.2. The number of halogens is 3. The molecule has 2 rings (SSSR count). The van der Waals surface area contributed by atoms with Crippen molar-refractivity contribution >= 4 is 5.78 Å². The van der Waals surface area contributed by atoms with Gasteiger partial charge in [-0.05, 0) is 25.8 Å².